The first kappa shape index (κ1) is 14.0. The van der Waals surface area contributed by atoms with Gasteiger partial charge in [-0.15, -0.1) is 0 Å². The Morgan fingerprint density at radius 1 is 1.33 bits per heavy atom. The highest BCUT2D eigenvalue weighted by atomic mass is 16.6. The summed E-state index contributed by atoms with van der Waals surface area (Å²) in [6.45, 7) is 2.07. The lowest BCUT2D eigenvalue weighted by molar-refractivity contribution is -0.143. The molecule has 98 valence electrons. The van der Waals surface area contributed by atoms with Gasteiger partial charge in [-0.3, -0.25) is 9.59 Å². The van der Waals surface area contributed by atoms with E-state index in [1.165, 1.54) is 7.11 Å². The van der Waals surface area contributed by atoms with Gasteiger partial charge in [-0.25, -0.2) is 0 Å². The van der Waals surface area contributed by atoms with E-state index in [9.17, 15) is 9.59 Å². The molecule has 0 aliphatic rings. The lowest BCUT2D eigenvalue weighted by Crippen LogP contribution is -2.11. The van der Waals surface area contributed by atoms with Gasteiger partial charge in [0.15, 0.2) is 6.29 Å². The molecule has 0 N–H and O–H groups in total. The maximum absolute atomic E-state index is 10.9. The van der Waals surface area contributed by atoms with Crippen LogP contribution in [0.2, 0.25) is 0 Å². The van der Waals surface area contributed by atoms with Crippen LogP contribution in [-0.4, -0.2) is 32.6 Å². The highest BCUT2D eigenvalue weighted by molar-refractivity contribution is 5.79. The quantitative estimate of drug-likeness (QED) is 0.421. The molecule has 1 rings (SSSR count). The fourth-order valence-corrected chi connectivity index (χ4v) is 1.27. The van der Waals surface area contributed by atoms with Crippen LogP contribution in [0, 0.1) is 0 Å². The topological polar surface area (TPSA) is 61.8 Å². The molecule has 0 aliphatic carbocycles. The number of ether oxygens (including phenoxy) is 3. The zero-order valence-corrected chi connectivity index (χ0v) is 10.5. The van der Waals surface area contributed by atoms with E-state index in [0.29, 0.717) is 29.8 Å². The third-order valence-electron chi connectivity index (χ3n) is 2.24. The molecule has 0 aliphatic heterocycles. The Morgan fingerprint density at radius 2 is 2.11 bits per heavy atom. The number of rotatable bonds is 7. The zero-order valence-electron chi connectivity index (χ0n) is 10.5. The van der Waals surface area contributed by atoms with Crippen LogP contribution in [0.25, 0.3) is 0 Å². The van der Waals surface area contributed by atoms with Gasteiger partial charge in [-0.05, 0) is 12.1 Å². The van der Waals surface area contributed by atoms with Crippen molar-refractivity contribution in [2.24, 2.45) is 0 Å². The number of aldehydes is 1. The molecule has 0 heterocycles. The number of hydrogen-bond donors (Lipinski definition) is 0. The molecule has 0 atom stereocenters. The smallest absolute Gasteiger partial charge is 0.305 e. The molecule has 0 saturated heterocycles. The maximum atomic E-state index is 10.9. The van der Waals surface area contributed by atoms with Crippen LogP contribution in [-0.2, 0) is 9.53 Å². The normalized spacial score (nSPS) is 9.67. The summed E-state index contributed by atoms with van der Waals surface area (Å²) in [5.74, 6) is 0.734. The summed E-state index contributed by atoms with van der Waals surface area (Å²) in [7, 11) is 1.53. The highest BCUT2D eigenvalue weighted by Gasteiger charge is 2.05. The van der Waals surface area contributed by atoms with E-state index in [1.807, 2.05) is 0 Å². The van der Waals surface area contributed by atoms with Gasteiger partial charge in [0, 0.05) is 12.5 Å². The molecule has 5 nitrogen and oxygen atoms in total. The van der Waals surface area contributed by atoms with Crippen molar-refractivity contribution in [2.45, 2.75) is 13.3 Å². The van der Waals surface area contributed by atoms with Crippen molar-refractivity contribution in [1.82, 2.24) is 0 Å². The Hall–Kier alpha value is -2.04. The van der Waals surface area contributed by atoms with Crippen LogP contribution >= 0.6 is 0 Å². The molecular formula is C13H16O5. The standard InChI is InChI=1S/C13H16O5/c1-3-13(15)18-7-6-17-12-8-11(16-2)5-4-10(12)9-14/h4-5,8-9H,3,6-7H2,1-2H3. The second-order valence-corrected chi connectivity index (χ2v) is 3.44. The second-order valence-electron chi connectivity index (χ2n) is 3.44. The fourth-order valence-electron chi connectivity index (χ4n) is 1.27. The Labute approximate surface area is 106 Å². The molecule has 0 amide bonds. The van der Waals surface area contributed by atoms with E-state index in [-0.39, 0.29) is 19.2 Å². The lowest BCUT2D eigenvalue weighted by atomic mass is 10.2. The van der Waals surface area contributed by atoms with Crippen LogP contribution < -0.4 is 9.47 Å². The van der Waals surface area contributed by atoms with Crippen molar-refractivity contribution in [3.63, 3.8) is 0 Å². The summed E-state index contributed by atoms with van der Waals surface area (Å²) in [6.07, 6.45) is 1.03. The first-order chi connectivity index (χ1) is 8.71. The van der Waals surface area contributed by atoms with Gasteiger partial charge in [0.25, 0.3) is 0 Å². The lowest BCUT2D eigenvalue weighted by Gasteiger charge is -2.10. The second kappa shape index (κ2) is 7.32. The molecule has 0 spiro atoms. The highest BCUT2D eigenvalue weighted by Crippen LogP contribution is 2.23. The average molecular weight is 252 g/mol. The van der Waals surface area contributed by atoms with Crippen molar-refractivity contribution in [3.8, 4) is 11.5 Å². The number of benzene rings is 1. The van der Waals surface area contributed by atoms with Gasteiger partial charge >= 0.3 is 5.97 Å². The Balaban J connectivity index is 2.54. The molecule has 5 heteroatoms. The molecule has 0 unspecified atom stereocenters. The van der Waals surface area contributed by atoms with Crippen molar-refractivity contribution in [3.05, 3.63) is 23.8 Å². The third-order valence-corrected chi connectivity index (χ3v) is 2.24. The van der Waals surface area contributed by atoms with Crippen LogP contribution in [0.15, 0.2) is 18.2 Å². The maximum Gasteiger partial charge on any atom is 0.305 e. The van der Waals surface area contributed by atoms with Crippen molar-refractivity contribution in [2.75, 3.05) is 20.3 Å². The zero-order chi connectivity index (χ0) is 13.4. The summed E-state index contributed by atoms with van der Waals surface area (Å²) >= 11 is 0. The van der Waals surface area contributed by atoms with Crippen molar-refractivity contribution >= 4 is 12.3 Å². The molecule has 1 aromatic carbocycles. The Bertz CT molecular complexity index is 414. The summed E-state index contributed by atoms with van der Waals surface area (Å²) in [4.78, 5) is 21.7. The van der Waals surface area contributed by atoms with Crippen LogP contribution in [0.4, 0.5) is 0 Å². The van der Waals surface area contributed by atoms with E-state index in [0.717, 1.165) is 0 Å². The number of carbonyl (C=O) groups is 2. The van der Waals surface area contributed by atoms with Gasteiger partial charge in [-0.1, -0.05) is 6.92 Å². The van der Waals surface area contributed by atoms with Gasteiger partial charge < -0.3 is 14.2 Å². The molecule has 0 fully saturated rings. The number of methoxy groups -OCH3 is 1. The largest absolute Gasteiger partial charge is 0.497 e. The van der Waals surface area contributed by atoms with Gasteiger partial charge in [0.05, 0.1) is 12.7 Å². The SMILES string of the molecule is CCC(=O)OCCOc1cc(OC)ccc1C=O. The number of carbonyl (C=O) groups excluding carboxylic acids is 2. The fraction of sp³-hybridized carbons (Fsp3) is 0.385. The van der Waals surface area contributed by atoms with E-state index in [2.05, 4.69) is 0 Å². The third kappa shape index (κ3) is 4.08. The Morgan fingerprint density at radius 3 is 2.72 bits per heavy atom. The summed E-state index contributed by atoms with van der Waals surface area (Å²) in [6, 6.07) is 4.90. The number of hydrogen-bond acceptors (Lipinski definition) is 5. The number of esters is 1. The predicted molar refractivity (Wildman–Crippen MR) is 65.1 cm³/mol. The van der Waals surface area contributed by atoms with Crippen LogP contribution in [0.5, 0.6) is 11.5 Å². The predicted octanol–water partition coefficient (Wildman–Crippen LogP) is 1.84. The van der Waals surface area contributed by atoms with Crippen LogP contribution in [0.3, 0.4) is 0 Å². The molecule has 0 aromatic heterocycles. The van der Waals surface area contributed by atoms with E-state index < -0.39 is 0 Å². The first-order valence-corrected chi connectivity index (χ1v) is 5.63. The first-order valence-electron chi connectivity index (χ1n) is 5.63. The summed E-state index contributed by atoms with van der Waals surface area (Å²) in [5.41, 5.74) is 0.428. The minimum absolute atomic E-state index is 0.155. The van der Waals surface area contributed by atoms with Crippen LogP contribution in [0.1, 0.15) is 23.7 Å². The van der Waals surface area contributed by atoms with Gasteiger partial charge in [0.1, 0.15) is 24.7 Å². The van der Waals surface area contributed by atoms with E-state index >= 15 is 0 Å². The van der Waals surface area contributed by atoms with E-state index in [1.54, 1.807) is 25.1 Å². The molecule has 0 radical (unpaired) electrons. The molecule has 18 heavy (non-hydrogen) atoms. The molecule has 1 aromatic rings. The minimum Gasteiger partial charge on any atom is -0.497 e. The summed E-state index contributed by atoms with van der Waals surface area (Å²) in [5, 5.41) is 0. The van der Waals surface area contributed by atoms with Gasteiger partial charge in [-0.2, -0.15) is 0 Å². The van der Waals surface area contributed by atoms with E-state index in [4.69, 9.17) is 14.2 Å². The van der Waals surface area contributed by atoms with Crippen molar-refractivity contribution < 1.29 is 23.8 Å². The monoisotopic (exact) mass is 252 g/mol. The van der Waals surface area contributed by atoms with Crippen molar-refractivity contribution in [1.29, 1.82) is 0 Å². The molecule has 0 bridgehead atoms. The summed E-state index contributed by atoms with van der Waals surface area (Å²) < 4.78 is 15.3. The minimum atomic E-state index is -0.278. The molecule has 0 saturated carbocycles. The van der Waals surface area contributed by atoms with Gasteiger partial charge in [0.2, 0.25) is 0 Å². The average Bonchev–Trinajstić information content (AvgIpc) is 2.42. The Kier molecular flexibility index (Phi) is 5.70. The molecular weight excluding hydrogens is 236 g/mol.